The van der Waals surface area contributed by atoms with Crippen LogP contribution in [0, 0.1) is 0 Å². The molecule has 0 aliphatic carbocycles. The first-order valence-electron chi connectivity index (χ1n) is 6.64. The fourth-order valence-corrected chi connectivity index (χ4v) is 2.69. The summed E-state index contributed by atoms with van der Waals surface area (Å²) in [4.78, 5) is 4.20. The molecule has 0 spiro atoms. The molecule has 0 fully saturated rings. The zero-order valence-corrected chi connectivity index (χ0v) is 11.3. The molecule has 1 aromatic heterocycles. The first-order valence-corrected chi connectivity index (χ1v) is 6.64. The summed E-state index contributed by atoms with van der Waals surface area (Å²) in [6.45, 7) is 2.11. The molecule has 3 rings (SSSR count). The molecule has 19 heavy (non-hydrogen) atoms. The van der Waals surface area contributed by atoms with Gasteiger partial charge in [0.1, 0.15) is 11.9 Å². The summed E-state index contributed by atoms with van der Waals surface area (Å²) in [6.07, 6.45) is 4.99. The fourth-order valence-electron chi connectivity index (χ4n) is 2.69. The zero-order chi connectivity index (χ0) is 13.2. The van der Waals surface area contributed by atoms with Crippen LogP contribution < -0.4 is 10.1 Å². The van der Waals surface area contributed by atoms with Crippen molar-refractivity contribution < 1.29 is 4.74 Å². The third-order valence-corrected chi connectivity index (χ3v) is 3.56. The molecule has 3 nitrogen and oxygen atoms in total. The second-order valence-corrected chi connectivity index (χ2v) is 5.01. The lowest BCUT2D eigenvalue weighted by molar-refractivity contribution is 0.254. The summed E-state index contributed by atoms with van der Waals surface area (Å²) in [5.74, 6) is 1.03. The minimum Gasteiger partial charge on any atom is -0.490 e. The highest BCUT2D eigenvalue weighted by Gasteiger charge is 2.21. The summed E-state index contributed by atoms with van der Waals surface area (Å²) in [5, 5.41) is 3.36. The average molecular weight is 254 g/mol. The van der Waals surface area contributed by atoms with Gasteiger partial charge in [-0.05, 0) is 42.8 Å². The smallest absolute Gasteiger partial charge is 0.123 e. The monoisotopic (exact) mass is 254 g/mol. The van der Waals surface area contributed by atoms with Crippen LogP contribution in [0.1, 0.15) is 29.7 Å². The fraction of sp³-hybridized carbons (Fsp3) is 0.312. The number of hydrogen-bond acceptors (Lipinski definition) is 3. The number of ether oxygens (including phenoxy) is 1. The highest BCUT2D eigenvalue weighted by atomic mass is 16.5. The number of nitrogens with zero attached hydrogens (tertiary/aromatic N) is 1. The molecule has 0 saturated heterocycles. The van der Waals surface area contributed by atoms with Gasteiger partial charge in [0, 0.05) is 18.8 Å². The number of nitrogens with one attached hydrogen (secondary N) is 1. The number of benzene rings is 1. The predicted molar refractivity (Wildman–Crippen MR) is 75.4 cm³/mol. The van der Waals surface area contributed by atoms with Gasteiger partial charge >= 0.3 is 0 Å². The van der Waals surface area contributed by atoms with Gasteiger partial charge in [-0.1, -0.05) is 18.2 Å². The predicted octanol–water partition coefficient (Wildman–Crippen LogP) is 2.71. The lowest BCUT2D eigenvalue weighted by atomic mass is 9.97. The Morgan fingerprint density at radius 2 is 2.21 bits per heavy atom. The van der Waals surface area contributed by atoms with Crippen molar-refractivity contribution in [3.63, 3.8) is 0 Å². The van der Waals surface area contributed by atoms with Crippen molar-refractivity contribution in [1.29, 1.82) is 0 Å². The number of aromatic nitrogens is 1. The first-order chi connectivity index (χ1) is 9.28. The van der Waals surface area contributed by atoms with E-state index in [-0.39, 0.29) is 12.1 Å². The van der Waals surface area contributed by atoms with Crippen molar-refractivity contribution in [3.05, 3.63) is 59.4 Å². The zero-order valence-electron chi connectivity index (χ0n) is 11.3. The highest BCUT2D eigenvalue weighted by molar-refractivity contribution is 5.43. The Balaban J connectivity index is 1.95. The van der Waals surface area contributed by atoms with Crippen LogP contribution in [0.15, 0.2) is 42.7 Å². The molecule has 1 aromatic carbocycles. The van der Waals surface area contributed by atoms with E-state index in [0.29, 0.717) is 0 Å². The highest BCUT2D eigenvalue weighted by Crippen LogP contribution is 2.32. The second kappa shape index (κ2) is 5.02. The third-order valence-electron chi connectivity index (χ3n) is 3.56. The van der Waals surface area contributed by atoms with Gasteiger partial charge in [-0.15, -0.1) is 0 Å². The topological polar surface area (TPSA) is 34.2 Å². The molecule has 1 N–H and O–H groups in total. The molecule has 2 unspecified atom stereocenters. The van der Waals surface area contributed by atoms with Crippen LogP contribution in [0.5, 0.6) is 5.75 Å². The van der Waals surface area contributed by atoms with E-state index in [9.17, 15) is 0 Å². The summed E-state index contributed by atoms with van der Waals surface area (Å²) in [5.41, 5.74) is 3.73. The summed E-state index contributed by atoms with van der Waals surface area (Å²) < 4.78 is 5.75. The molecule has 1 aliphatic rings. The van der Waals surface area contributed by atoms with E-state index >= 15 is 0 Å². The van der Waals surface area contributed by atoms with Crippen LogP contribution in [0.3, 0.4) is 0 Å². The Bertz CT molecular complexity index is 568. The standard InChI is InChI=1S/C16H18N2O/c1-11-8-14-9-12(5-6-15(14)19-11)16(17-2)13-4-3-7-18-10-13/h3-7,9-11,16-17H,8H2,1-2H3. The van der Waals surface area contributed by atoms with Gasteiger partial charge in [-0.2, -0.15) is 0 Å². The van der Waals surface area contributed by atoms with Crippen LogP contribution in [0.4, 0.5) is 0 Å². The maximum Gasteiger partial charge on any atom is 0.123 e. The Kier molecular flexibility index (Phi) is 3.22. The van der Waals surface area contributed by atoms with Gasteiger partial charge in [-0.25, -0.2) is 0 Å². The molecule has 98 valence electrons. The van der Waals surface area contributed by atoms with Crippen LogP contribution in [-0.4, -0.2) is 18.1 Å². The maximum absolute atomic E-state index is 5.75. The molecule has 2 heterocycles. The van der Waals surface area contributed by atoms with E-state index in [1.807, 2.05) is 19.3 Å². The molecule has 0 radical (unpaired) electrons. The Morgan fingerprint density at radius 3 is 2.95 bits per heavy atom. The maximum atomic E-state index is 5.75. The lowest BCUT2D eigenvalue weighted by Gasteiger charge is -2.17. The number of pyridine rings is 1. The minimum absolute atomic E-state index is 0.176. The Hall–Kier alpha value is -1.87. The van der Waals surface area contributed by atoms with Gasteiger partial charge in [-0.3, -0.25) is 4.98 Å². The van der Waals surface area contributed by atoms with E-state index in [0.717, 1.165) is 12.2 Å². The van der Waals surface area contributed by atoms with Crippen LogP contribution in [-0.2, 0) is 6.42 Å². The average Bonchev–Trinajstić information content (AvgIpc) is 2.80. The third kappa shape index (κ3) is 2.34. The normalized spacial score (nSPS) is 18.7. The van der Waals surface area contributed by atoms with Crippen LogP contribution >= 0.6 is 0 Å². The van der Waals surface area contributed by atoms with E-state index in [1.54, 1.807) is 6.20 Å². The van der Waals surface area contributed by atoms with Crippen LogP contribution in [0.2, 0.25) is 0 Å². The Labute approximate surface area is 113 Å². The molecule has 0 bridgehead atoms. The van der Waals surface area contributed by atoms with Gasteiger partial charge in [0.25, 0.3) is 0 Å². The SMILES string of the molecule is CNC(c1cccnc1)c1ccc2c(c1)CC(C)O2. The summed E-state index contributed by atoms with van der Waals surface area (Å²) >= 11 is 0. The Morgan fingerprint density at radius 1 is 1.32 bits per heavy atom. The van der Waals surface area contributed by atoms with E-state index in [2.05, 4.69) is 41.5 Å². The van der Waals surface area contributed by atoms with Crippen molar-refractivity contribution in [2.24, 2.45) is 0 Å². The van der Waals surface area contributed by atoms with Gasteiger partial charge < -0.3 is 10.1 Å². The van der Waals surface area contributed by atoms with Crippen molar-refractivity contribution in [2.45, 2.75) is 25.5 Å². The summed E-state index contributed by atoms with van der Waals surface area (Å²) in [6, 6.07) is 10.7. The largest absolute Gasteiger partial charge is 0.490 e. The van der Waals surface area contributed by atoms with Gasteiger partial charge in [0.15, 0.2) is 0 Å². The lowest BCUT2D eigenvalue weighted by Crippen LogP contribution is -2.17. The molecule has 3 heteroatoms. The van der Waals surface area contributed by atoms with E-state index in [4.69, 9.17) is 4.74 Å². The molecular weight excluding hydrogens is 236 g/mol. The van der Waals surface area contributed by atoms with Crippen molar-refractivity contribution >= 4 is 0 Å². The van der Waals surface area contributed by atoms with E-state index < -0.39 is 0 Å². The number of rotatable bonds is 3. The second-order valence-electron chi connectivity index (χ2n) is 5.01. The number of fused-ring (bicyclic) bond motifs is 1. The molecule has 1 aliphatic heterocycles. The first kappa shape index (κ1) is 12.2. The number of hydrogen-bond donors (Lipinski definition) is 1. The van der Waals surface area contributed by atoms with Crippen molar-refractivity contribution in [1.82, 2.24) is 10.3 Å². The van der Waals surface area contributed by atoms with Crippen LogP contribution in [0.25, 0.3) is 0 Å². The molecule has 2 aromatic rings. The minimum atomic E-state index is 0.176. The van der Waals surface area contributed by atoms with E-state index in [1.165, 1.54) is 16.7 Å². The molecule has 0 saturated carbocycles. The van der Waals surface area contributed by atoms with Gasteiger partial charge in [0.2, 0.25) is 0 Å². The van der Waals surface area contributed by atoms with Gasteiger partial charge in [0.05, 0.1) is 6.04 Å². The molecule has 2 atom stereocenters. The quantitative estimate of drug-likeness (QED) is 0.914. The van der Waals surface area contributed by atoms with Crippen molar-refractivity contribution in [3.8, 4) is 5.75 Å². The molecular formula is C16H18N2O. The summed E-state index contributed by atoms with van der Waals surface area (Å²) in [7, 11) is 1.98. The molecule has 0 amide bonds. The van der Waals surface area contributed by atoms with Crippen molar-refractivity contribution in [2.75, 3.05) is 7.05 Å².